The van der Waals surface area contributed by atoms with Gasteiger partial charge in [0.25, 0.3) is 0 Å². The maximum absolute atomic E-state index is 11.9. The summed E-state index contributed by atoms with van der Waals surface area (Å²) >= 11 is 0. The van der Waals surface area contributed by atoms with Gasteiger partial charge in [-0.05, 0) is 51.7 Å². The van der Waals surface area contributed by atoms with E-state index in [1.807, 2.05) is 19.1 Å². The summed E-state index contributed by atoms with van der Waals surface area (Å²) in [6.45, 7) is 6.81. The van der Waals surface area contributed by atoms with Crippen molar-refractivity contribution in [3.63, 3.8) is 0 Å². The van der Waals surface area contributed by atoms with Crippen LogP contribution in [-0.2, 0) is 14.4 Å². The molecule has 1 rings (SSSR count). The predicted molar refractivity (Wildman–Crippen MR) is 85.5 cm³/mol. The Bertz CT molecular complexity index is 578. The van der Waals surface area contributed by atoms with Crippen LogP contribution in [0.4, 0.5) is 0 Å². The Kier molecular flexibility index (Phi) is 6.03. The molecule has 0 aliphatic heterocycles. The minimum absolute atomic E-state index is 0.0107. The summed E-state index contributed by atoms with van der Waals surface area (Å²) in [4.78, 5) is 34.4. The van der Waals surface area contributed by atoms with E-state index in [1.54, 1.807) is 26.8 Å². The molecule has 120 valence electrons. The highest BCUT2D eigenvalue weighted by atomic mass is 16.4. The van der Waals surface area contributed by atoms with Gasteiger partial charge in [0.1, 0.15) is 5.78 Å². The fraction of sp³-hybridized carbons (Fsp3) is 0.500. The summed E-state index contributed by atoms with van der Waals surface area (Å²) in [5.41, 5.74) is 1.04. The van der Waals surface area contributed by atoms with Crippen LogP contribution in [0.2, 0.25) is 0 Å². The van der Waals surface area contributed by atoms with Crippen LogP contribution in [-0.4, -0.2) is 22.6 Å². The number of rotatable bonds is 6. The Morgan fingerprint density at radius 2 is 1.95 bits per heavy atom. The summed E-state index contributed by atoms with van der Waals surface area (Å²) in [6.07, 6.45) is 7.26. The van der Waals surface area contributed by atoms with Gasteiger partial charge in [0, 0.05) is 12.8 Å². The first-order valence-corrected chi connectivity index (χ1v) is 7.50. The van der Waals surface area contributed by atoms with E-state index in [0.29, 0.717) is 30.4 Å². The average molecular weight is 304 g/mol. The van der Waals surface area contributed by atoms with Gasteiger partial charge in [0.15, 0.2) is 5.78 Å². The number of carboxylic acids is 1. The molecule has 4 heteroatoms. The SMILES string of the molecule is CC(=O)CCC=C(C)C=CC1=C(C)C(=O)CCC1(C)C(=O)O. The Balaban J connectivity index is 3.02. The lowest BCUT2D eigenvalue weighted by Crippen LogP contribution is -2.34. The molecule has 1 aliphatic rings. The molecule has 0 aromatic rings. The molecule has 1 atom stereocenters. The zero-order valence-electron chi connectivity index (χ0n) is 13.7. The Labute approximate surface area is 131 Å². The number of hydrogen-bond donors (Lipinski definition) is 1. The summed E-state index contributed by atoms with van der Waals surface area (Å²) in [5, 5.41) is 9.51. The van der Waals surface area contributed by atoms with Gasteiger partial charge in [-0.2, -0.15) is 0 Å². The minimum Gasteiger partial charge on any atom is -0.481 e. The monoisotopic (exact) mass is 304 g/mol. The van der Waals surface area contributed by atoms with E-state index >= 15 is 0 Å². The first-order valence-electron chi connectivity index (χ1n) is 7.50. The first-order chi connectivity index (χ1) is 10.2. The third kappa shape index (κ3) is 4.26. The van der Waals surface area contributed by atoms with Crippen LogP contribution in [0.1, 0.15) is 53.4 Å². The molecular formula is C18H24O4. The molecule has 0 aromatic heterocycles. The highest BCUT2D eigenvalue weighted by Crippen LogP contribution is 2.40. The molecule has 0 radical (unpaired) electrons. The van der Waals surface area contributed by atoms with E-state index in [1.165, 1.54) is 0 Å². The molecule has 0 saturated heterocycles. The molecular weight excluding hydrogens is 280 g/mol. The molecule has 0 aromatic carbocycles. The second-order valence-electron chi connectivity index (χ2n) is 6.12. The molecule has 0 saturated carbocycles. The lowest BCUT2D eigenvalue weighted by atomic mass is 9.70. The zero-order chi connectivity index (χ0) is 16.9. The van der Waals surface area contributed by atoms with Gasteiger partial charge in [-0.1, -0.05) is 23.8 Å². The van der Waals surface area contributed by atoms with Crippen molar-refractivity contribution in [2.75, 3.05) is 0 Å². The highest BCUT2D eigenvalue weighted by molar-refractivity contribution is 6.00. The Morgan fingerprint density at radius 1 is 1.32 bits per heavy atom. The largest absolute Gasteiger partial charge is 0.481 e. The van der Waals surface area contributed by atoms with E-state index in [0.717, 1.165) is 5.57 Å². The first kappa shape index (κ1) is 18.1. The molecule has 1 aliphatic carbocycles. The van der Waals surface area contributed by atoms with Crippen molar-refractivity contribution in [3.05, 3.63) is 34.9 Å². The fourth-order valence-electron chi connectivity index (χ4n) is 2.57. The Morgan fingerprint density at radius 3 is 2.50 bits per heavy atom. The molecule has 4 nitrogen and oxygen atoms in total. The maximum Gasteiger partial charge on any atom is 0.313 e. The van der Waals surface area contributed by atoms with Gasteiger partial charge in [0.2, 0.25) is 0 Å². The smallest absolute Gasteiger partial charge is 0.313 e. The van der Waals surface area contributed by atoms with Crippen molar-refractivity contribution in [1.29, 1.82) is 0 Å². The molecule has 0 spiro atoms. The molecule has 0 heterocycles. The number of carbonyl (C=O) groups is 3. The number of ketones is 2. The van der Waals surface area contributed by atoms with Crippen molar-refractivity contribution < 1.29 is 19.5 Å². The van der Waals surface area contributed by atoms with Gasteiger partial charge in [-0.25, -0.2) is 0 Å². The average Bonchev–Trinajstić information content (AvgIpc) is 2.42. The quantitative estimate of drug-likeness (QED) is 0.761. The number of carboxylic acid groups (broad SMARTS) is 1. The summed E-state index contributed by atoms with van der Waals surface area (Å²) in [7, 11) is 0. The van der Waals surface area contributed by atoms with Crippen LogP contribution >= 0.6 is 0 Å². The summed E-state index contributed by atoms with van der Waals surface area (Å²) in [5.74, 6) is -0.753. The van der Waals surface area contributed by atoms with Crippen molar-refractivity contribution in [2.45, 2.75) is 53.4 Å². The lowest BCUT2D eigenvalue weighted by molar-refractivity contribution is -0.146. The van der Waals surface area contributed by atoms with Crippen molar-refractivity contribution >= 4 is 17.5 Å². The normalized spacial score (nSPS) is 23.3. The molecule has 1 unspecified atom stereocenters. The molecule has 0 bridgehead atoms. The van der Waals surface area contributed by atoms with Gasteiger partial charge >= 0.3 is 5.97 Å². The van der Waals surface area contributed by atoms with Gasteiger partial charge in [-0.15, -0.1) is 0 Å². The number of Topliss-reactive ketones (excluding diaryl/α,β-unsaturated/α-hetero) is 2. The fourth-order valence-corrected chi connectivity index (χ4v) is 2.57. The molecule has 1 N–H and O–H groups in total. The highest BCUT2D eigenvalue weighted by Gasteiger charge is 2.41. The lowest BCUT2D eigenvalue weighted by Gasteiger charge is -2.31. The summed E-state index contributed by atoms with van der Waals surface area (Å²) in [6, 6.07) is 0. The number of allylic oxidation sites excluding steroid dienone is 5. The zero-order valence-corrected chi connectivity index (χ0v) is 13.7. The van der Waals surface area contributed by atoms with Gasteiger partial charge < -0.3 is 9.90 Å². The van der Waals surface area contributed by atoms with E-state index in [2.05, 4.69) is 0 Å². The van der Waals surface area contributed by atoms with Crippen molar-refractivity contribution in [3.8, 4) is 0 Å². The van der Waals surface area contributed by atoms with Crippen LogP contribution < -0.4 is 0 Å². The Hall–Kier alpha value is -1.97. The molecule has 22 heavy (non-hydrogen) atoms. The van der Waals surface area contributed by atoms with Gasteiger partial charge in [-0.3, -0.25) is 9.59 Å². The summed E-state index contributed by atoms with van der Waals surface area (Å²) < 4.78 is 0. The topological polar surface area (TPSA) is 71.4 Å². The van der Waals surface area contributed by atoms with Crippen molar-refractivity contribution in [2.24, 2.45) is 5.41 Å². The van der Waals surface area contributed by atoms with Crippen LogP contribution in [0.25, 0.3) is 0 Å². The second kappa shape index (κ2) is 7.34. The van der Waals surface area contributed by atoms with Crippen LogP contribution in [0, 0.1) is 5.41 Å². The minimum atomic E-state index is -1.02. The predicted octanol–water partition coefficient (Wildman–Crippen LogP) is 3.63. The van der Waals surface area contributed by atoms with E-state index in [-0.39, 0.29) is 18.0 Å². The second-order valence-corrected chi connectivity index (χ2v) is 6.12. The van der Waals surface area contributed by atoms with E-state index < -0.39 is 11.4 Å². The molecule has 0 fully saturated rings. The number of hydrogen-bond acceptors (Lipinski definition) is 3. The standard InChI is InChI=1S/C18H24O4/c1-12(6-5-7-13(2)19)8-9-15-14(3)16(20)10-11-18(15,4)17(21)22/h6,8-9H,5,7,10-11H2,1-4H3,(H,21,22). The third-order valence-corrected chi connectivity index (χ3v) is 4.22. The van der Waals surface area contributed by atoms with E-state index in [9.17, 15) is 19.5 Å². The van der Waals surface area contributed by atoms with Gasteiger partial charge in [0.05, 0.1) is 5.41 Å². The van der Waals surface area contributed by atoms with E-state index in [4.69, 9.17) is 0 Å². The number of carbonyl (C=O) groups excluding carboxylic acids is 2. The van der Waals surface area contributed by atoms with Crippen molar-refractivity contribution in [1.82, 2.24) is 0 Å². The molecule has 0 amide bonds. The van der Waals surface area contributed by atoms with Crippen LogP contribution in [0.15, 0.2) is 34.9 Å². The number of aliphatic carboxylic acids is 1. The maximum atomic E-state index is 11.9. The third-order valence-electron chi connectivity index (χ3n) is 4.22. The van der Waals surface area contributed by atoms with Crippen LogP contribution in [0.3, 0.4) is 0 Å². The van der Waals surface area contributed by atoms with Crippen LogP contribution in [0.5, 0.6) is 0 Å².